The van der Waals surface area contributed by atoms with Crippen molar-refractivity contribution in [1.29, 1.82) is 0 Å². The average Bonchev–Trinajstić information content (AvgIpc) is 3.21. The van der Waals surface area contributed by atoms with Gasteiger partial charge < -0.3 is 19.9 Å². The predicted molar refractivity (Wildman–Crippen MR) is 141 cm³/mol. The summed E-state index contributed by atoms with van der Waals surface area (Å²) < 4.78 is 10.2. The summed E-state index contributed by atoms with van der Waals surface area (Å²) in [7, 11) is 0. The van der Waals surface area contributed by atoms with Crippen LogP contribution < -0.4 is 5.32 Å². The number of carbonyl (C=O) groups excluding carboxylic acids is 3. The standard InChI is InChI=1S/C30H49NO6/c1-6-20-24-16-19(32)10-13-30(24,5)23-11-14-29(4)21(8-9-22(29)26(23)27(20)34)18(3)12-15-37-28(35)31-17-25(33)36-7-2/h18-24,26,32H,6-17H2,1-5H3,(H,31,35)/t18-,19-,20-,21-,22+,23+,24+,26+,29-,30-/m1/s1. The molecule has 0 unspecified atom stereocenters. The van der Waals surface area contributed by atoms with Gasteiger partial charge >= 0.3 is 12.1 Å². The molecule has 4 aliphatic carbocycles. The molecule has 210 valence electrons. The minimum atomic E-state index is -0.588. The van der Waals surface area contributed by atoms with Crippen molar-refractivity contribution in [3.8, 4) is 0 Å². The molecule has 0 aromatic heterocycles. The topological polar surface area (TPSA) is 102 Å². The molecule has 4 saturated carbocycles. The van der Waals surface area contributed by atoms with Crippen molar-refractivity contribution in [2.45, 2.75) is 98.5 Å². The maximum atomic E-state index is 14.1. The van der Waals surface area contributed by atoms with E-state index in [1.807, 2.05) is 0 Å². The number of fused-ring (bicyclic) bond motifs is 5. The Morgan fingerprint density at radius 3 is 2.43 bits per heavy atom. The molecule has 10 atom stereocenters. The number of nitrogens with one attached hydrogen (secondary N) is 1. The number of carbonyl (C=O) groups is 3. The summed E-state index contributed by atoms with van der Waals surface area (Å²) in [5, 5.41) is 12.9. The number of aliphatic hydroxyl groups is 1. The van der Waals surface area contributed by atoms with Gasteiger partial charge in [-0.1, -0.05) is 27.7 Å². The van der Waals surface area contributed by atoms with E-state index in [2.05, 4.69) is 33.0 Å². The number of amides is 1. The lowest BCUT2D eigenvalue weighted by Gasteiger charge is -2.62. The molecule has 0 spiro atoms. The number of aliphatic hydroxyl groups excluding tert-OH is 1. The molecule has 4 rings (SSSR count). The highest BCUT2D eigenvalue weighted by Crippen LogP contribution is 2.68. The number of Topliss-reactive ketones (excluding diaryl/α,β-unsaturated/α-hetero) is 1. The molecule has 0 radical (unpaired) electrons. The highest BCUT2D eigenvalue weighted by molar-refractivity contribution is 5.86. The Bertz CT molecular complexity index is 861. The summed E-state index contributed by atoms with van der Waals surface area (Å²) in [6, 6.07) is 0. The summed E-state index contributed by atoms with van der Waals surface area (Å²) in [5.74, 6) is 2.36. The number of rotatable bonds is 8. The van der Waals surface area contributed by atoms with Crippen LogP contribution in [0.4, 0.5) is 4.79 Å². The summed E-state index contributed by atoms with van der Waals surface area (Å²) in [4.78, 5) is 37.5. The molecular weight excluding hydrogens is 470 g/mol. The van der Waals surface area contributed by atoms with E-state index in [4.69, 9.17) is 9.47 Å². The minimum Gasteiger partial charge on any atom is -0.465 e. The fourth-order valence-corrected chi connectivity index (χ4v) is 9.56. The molecule has 0 aliphatic heterocycles. The first kappa shape index (κ1) is 28.4. The number of ketones is 1. The molecule has 0 heterocycles. The van der Waals surface area contributed by atoms with E-state index in [-0.39, 0.29) is 41.9 Å². The van der Waals surface area contributed by atoms with E-state index < -0.39 is 12.1 Å². The Morgan fingerprint density at radius 1 is 1.03 bits per heavy atom. The summed E-state index contributed by atoms with van der Waals surface area (Å²) in [6.45, 7) is 11.4. The third-order valence-corrected chi connectivity index (χ3v) is 11.4. The lowest BCUT2D eigenvalue weighted by atomic mass is 9.42. The first-order chi connectivity index (χ1) is 17.6. The van der Waals surface area contributed by atoms with Gasteiger partial charge in [-0.05, 0) is 105 Å². The number of esters is 1. The second-order valence-corrected chi connectivity index (χ2v) is 13.0. The van der Waals surface area contributed by atoms with Crippen molar-refractivity contribution in [2.75, 3.05) is 19.8 Å². The maximum absolute atomic E-state index is 14.1. The molecule has 0 aromatic carbocycles. The van der Waals surface area contributed by atoms with Crippen LogP contribution in [-0.2, 0) is 19.1 Å². The normalized spacial score (nSPS) is 41.7. The first-order valence-corrected chi connectivity index (χ1v) is 14.8. The van der Waals surface area contributed by atoms with Crippen molar-refractivity contribution in [1.82, 2.24) is 5.32 Å². The average molecular weight is 520 g/mol. The zero-order valence-corrected chi connectivity index (χ0v) is 23.6. The van der Waals surface area contributed by atoms with Gasteiger partial charge in [0.2, 0.25) is 0 Å². The van der Waals surface area contributed by atoms with Gasteiger partial charge in [-0.2, -0.15) is 0 Å². The van der Waals surface area contributed by atoms with Crippen LogP contribution in [0.5, 0.6) is 0 Å². The number of hydrogen-bond donors (Lipinski definition) is 2. The van der Waals surface area contributed by atoms with Gasteiger partial charge in [0.1, 0.15) is 12.3 Å². The van der Waals surface area contributed by atoms with Crippen LogP contribution in [-0.4, -0.2) is 48.8 Å². The number of alkyl carbamates (subject to hydrolysis) is 1. The van der Waals surface area contributed by atoms with Gasteiger partial charge in [0, 0.05) is 11.8 Å². The molecular formula is C30H49NO6. The fraction of sp³-hybridized carbons (Fsp3) is 0.900. The van der Waals surface area contributed by atoms with Crippen molar-refractivity contribution < 1.29 is 29.0 Å². The molecule has 0 aromatic rings. The lowest BCUT2D eigenvalue weighted by molar-refractivity contribution is -0.173. The van der Waals surface area contributed by atoms with Crippen molar-refractivity contribution in [3.05, 3.63) is 0 Å². The van der Waals surface area contributed by atoms with Gasteiger partial charge in [0.05, 0.1) is 19.3 Å². The van der Waals surface area contributed by atoms with Crippen LogP contribution in [0.2, 0.25) is 0 Å². The fourth-order valence-electron chi connectivity index (χ4n) is 9.56. The van der Waals surface area contributed by atoms with Crippen LogP contribution in [0.25, 0.3) is 0 Å². The zero-order valence-electron chi connectivity index (χ0n) is 23.6. The van der Waals surface area contributed by atoms with E-state index in [0.717, 1.165) is 57.8 Å². The Hall–Kier alpha value is -1.63. The number of hydrogen-bond acceptors (Lipinski definition) is 6. The molecule has 0 saturated heterocycles. The van der Waals surface area contributed by atoms with Crippen LogP contribution in [0.1, 0.15) is 92.4 Å². The molecule has 1 amide bonds. The summed E-state index contributed by atoms with van der Waals surface area (Å²) in [6.07, 6.45) is 8.03. The summed E-state index contributed by atoms with van der Waals surface area (Å²) in [5.41, 5.74) is 0.298. The largest absolute Gasteiger partial charge is 0.465 e. The van der Waals surface area contributed by atoms with E-state index in [1.54, 1.807) is 6.92 Å². The van der Waals surface area contributed by atoms with Crippen LogP contribution in [0, 0.1) is 52.3 Å². The van der Waals surface area contributed by atoms with E-state index in [0.29, 0.717) is 42.0 Å². The molecule has 37 heavy (non-hydrogen) atoms. The predicted octanol–water partition coefficient (Wildman–Crippen LogP) is 5.14. The first-order valence-electron chi connectivity index (χ1n) is 14.8. The highest BCUT2D eigenvalue weighted by atomic mass is 16.6. The Balaban J connectivity index is 1.40. The Kier molecular flexibility index (Phi) is 8.62. The second-order valence-electron chi connectivity index (χ2n) is 13.0. The third kappa shape index (κ3) is 5.18. The van der Waals surface area contributed by atoms with Crippen LogP contribution >= 0.6 is 0 Å². The van der Waals surface area contributed by atoms with Gasteiger partial charge in [-0.3, -0.25) is 9.59 Å². The van der Waals surface area contributed by atoms with Crippen molar-refractivity contribution >= 4 is 17.8 Å². The Morgan fingerprint density at radius 2 is 1.73 bits per heavy atom. The molecule has 7 nitrogen and oxygen atoms in total. The lowest BCUT2D eigenvalue weighted by Crippen LogP contribution is -2.60. The third-order valence-electron chi connectivity index (χ3n) is 11.4. The smallest absolute Gasteiger partial charge is 0.407 e. The highest BCUT2D eigenvalue weighted by Gasteiger charge is 2.65. The van der Waals surface area contributed by atoms with Crippen LogP contribution in [0.15, 0.2) is 0 Å². The monoisotopic (exact) mass is 519 g/mol. The van der Waals surface area contributed by atoms with Gasteiger partial charge in [0.25, 0.3) is 0 Å². The SMILES string of the molecule is CCOC(=O)CNC(=O)OCC[C@@H](C)[C@H]1CC[C@H]2[C@@H]3C(=O)[C@H](CC)[C@@H]4C[C@H](O)CC[C@]4(C)[C@H]3CC[C@]12C. The van der Waals surface area contributed by atoms with Crippen molar-refractivity contribution in [2.24, 2.45) is 52.3 Å². The van der Waals surface area contributed by atoms with Gasteiger partial charge in [-0.25, -0.2) is 4.79 Å². The molecule has 2 N–H and O–H groups in total. The summed E-state index contributed by atoms with van der Waals surface area (Å²) >= 11 is 0. The van der Waals surface area contributed by atoms with E-state index >= 15 is 0 Å². The van der Waals surface area contributed by atoms with Crippen LogP contribution in [0.3, 0.4) is 0 Å². The number of ether oxygens (including phenoxy) is 2. The molecule has 7 heteroatoms. The Labute approximate surface area is 222 Å². The maximum Gasteiger partial charge on any atom is 0.407 e. The second kappa shape index (κ2) is 11.2. The molecule has 4 aliphatic rings. The molecule has 4 fully saturated rings. The quantitative estimate of drug-likeness (QED) is 0.431. The minimum absolute atomic E-state index is 0.0848. The zero-order chi connectivity index (χ0) is 27.0. The van der Waals surface area contributed by atoms with Gasteiger partial charge in [-0.15, -0.1) is 0 Å². The molecule has 0 bridgehead atoms. The van der Waals surface area contributed by atoms with E-state index in [1.165, 1.54) is 0 Å². The van der Waals surface area contributed by atoms with E-state index in [9.17, 15) is 19.5 Å². The van der Waals surface area contributed by atoms with Gasteiger partial charge in [0.15, 0.2) is 0 Å². The van der Waals surface area contributed by atoms with Crippen molar-refractivity contribution in [3.63, 3.8) is 0 Å².